The van der Waals surface area contributed by atoms with Crippen molar-refractivity contribution in [2.24, 2.45) is 0 Å². The Morgan fingerprint density at radius 1 is 1.35 bits per heavy atom. The lowest BCUT2D eigenvalue weighted by Gasteiger charge is -2.21. The number of hydrogen-bond donors (Lipinski definition) is 1. The molecule has 1 fully saturated rings. The van der Waals surface area contributed by atoms with E-state index in [1.54, 1.807) is 0 Å². The van der Waals surface area contributed by atoms with Crippen LogP contribution in [0.4, 0.5) is 0 Å². The SMILES string of the molecule is O=C(CCN1CCCC1CO)c1ccccc1. The van der Waals surface area contributed by atoms with Crippen LogP contribution in [0.1, 0.15) is 29.6 Å². The van der Waals surface area contributed by atoms with Crippen molar-refractivity contribution in [1.29, 1.82) is 0 Å². The minimum atomic E-state index is 0.189. The number of aliphatic hydroxyl groups is 1. The number of likely N-dealkylation sites (tertiary alicyclic amines) is 1. The van der Waals surface area contributed by atoms with Gasteiger partial charge in [0.2, 0.25) is 0 Å². The molecule has 2 rings (SSSR count). The van der Waals surface area contributed by atoms with Crippen LogP contribution in [0.3, 0.4) is 0 Å². The fourth-order valence-corrected chi connectivity index (χ4v) is 2.41. The highest BCUT2D eigenvalue weighted by Gasteiger charge is 2.23. The molecule has 1 atom stereocenters. The highest BCUT2D eigenvalue weighted by Crippen LogP contribution is 2.17. The van der Waals surface area contributed by atoms with Gasteiger partial charge in [0.25, 0.3) is 0 Å². The molecule has 0 aromatic heterocycles. The van der Waals surface area contributed by atoms with E-state index < -0.39 is 0 Å². The summed E-state index contributed by atoms with van der Waals surface area (Å²) >= 11 is 0. The fraction of sp³-hybridized carbons (Fsp3) is 0.500. The van der Waals surface area contributed by atoms with Crippen molar-refractivity contribution >= 4 is 5.78 Å². The molecule has 1 saturated heterocycles. The van der Waals surface area contributed by atoms with Gasteiger partial charge in [-0.05, 0) is 19.4 Å². The van der Waals surface area contributed by atoms with Crippen molar-refractivity contribution in [3.05, 3.63) is 35.9 Å². The number of carbonyl (C=O) groups is 1. The normalized spacial score (nSPS) is 20.6. The Morgan fingerprint density at radius 3 is 2.82 bits per heavy atom. The van der Waals surface area contributed by atoms with Crippen LogP contribution < -0.4 is 0 Å². The van der Waals surface area contributed by atoms with E-state index in [-0.39, 0.29) is 18.4 Å². The predicted octanol–water partition coefficient (Wildman–Crippen LogP) is 1.72. The first-order valence-electron chi connectivity index (χ1n) is 6.24. The number of nitrogens with zero attached hydrogens (tertiary/aromatic N) is 1. The van der Waals surface area contributed by atoms with Crippen LogP contribution in [-0.4, -0.2) is 41.5 Å². The van der Waals surface area contributed by atoms with Crippen molar-refractivity contribution in [3.63, 3.8) is 0 Å². The van der Waals surface area contributed by atoms with Crippen molar-refractivity contribution in [2.45, 2.75) is 25.3 Å². The number of aliphatic hydroxyl groups excluding tert-OH is 1. The van der Waals surface area contributed by atoms with Gasteiger partial charge < -0.3 is 5.11 Å². The van der Waals surface area contributed by atoms with Crippen LogP contribution in [0.25, 0.3) is 0 Å². The minimum absolute atomic E-state index is 0.189. The third kappa shape index (κ3) is 3.14. The van der Waals surface area contributed by atoms with Gasteiger partial charge in [-0.2, -0.15) is 0 Å². The summed E-state index contributed by atoms with van der Waals surface area (Å²) in [6.45, 7) is 1.98. The lowest BCUT2D eigenvalue weighted by atomic mass is 10.1. The Kier molecular flexibility index (Phi) is 4.29. The van der Waals surface area contributed by atoms with E-state index >= 15 is 0 Å². The zero-order valence-corrected chi connectivity index (χ0v) is 10.0. The largest absolute Gasteiger partial charge is 0.395 e. The van der Waals surface area contributed by atoms with Crippen molar-refractivity contribution in [3.8, 4) is 0 Å². The van der Waals surface area contributed by atoms with Gasteiger partial charge in [-0.15, -0.1) is 0 Å². The fourth-order valence-electron chi connectivity index (χ4n) is 2.41. The maximum Gasteiger partial charge on any atom is 0.164 e. The average Bonchev–Trinajstić information content (AvgIpc) is 2.84. The van der Waals surface area contributed by atoms with Gasteiger partial charge in [-0.25, -0.2) is 0 Å². The maximum absolute atomic E-state index is 11.9. The second-order valence-corrected chi connectivity index (χ2v) is 4.55. The van der Waals surface area contributed by atoms with Crippen LogP contribution in [0, 0.1) is 0 Å². The van der Waals surface area contributed by atoms with Crippen LogP contribution in [0.15, 0.2) is 30.3 Å². The van der Waals surface area contributed by atoms with Gasteiger partial charge in [0.15, 0.2) is 5.78 Å². The van der Waals surface area contributed by atoms with Gasteiger partial charge in [0, 0.05) is 24.6 Å². The van der Waals surface area contributed by atoms with E-state index in [4.69, 9.17) is 0 Å². The Bertz CT molecular complexity index is 364. The van der Waals surface area contributed by atoms with Gasteiger partial charge >= 0.3 is 0 Å². The van der Waals surface area contributed by atoms with Crippen molar-refractivity contribution in [1.82, 2.24) is 4.90 Å². The summed E-state index contributed by atoms with van der Waals surface area (Å²) in [5.41, 5.74) is 0.784. The molecule has 1 heterocycles. The van der Waals surface area contributed by atoms with E-state index in [1.807, 2.05) is 30.3 Å². The van der Waals surface area contributed by atoms with E-state index in [1.165, 1.54) is 0 Å². The Balaban J connectivity index is 1.84. The lowest BCUT2D eigenvalue weighted by Crippen LogP contribution is -2.33. The molecule has 0 amide bonds. The second-order valence-electron chi connectivity index (χ2n) is 4.55. The van der Waals surface area contributed by atoms with Gasteiger partial charge in [-0.3, -0.25) is 9.69 Å². The molecule has 0 aliphatic carbocycles. The maximum atomic E-state index is 11.9. The minimum Gasteiger partial charge on any atom is -0.395 e. The van der Waals surface area contributed by atoms with E-state index in [9.17, 15) is 9.90 Å². The first-order valence-corrected chi connectivity index (χ1v) is 6.24. The summed E-state index contributed by atoms with van der Waals surface area (Å²) in [5, 5.41) is 9.19. The Hall–Kier alpha value is -1.19. The first kappa shape index (κ1) is 12.3. The molecule has 1 aliphatic rings. The first-order chi connectivity index (χ1) is 8.31. The molecule has 1 unspecified atom stereocenters. The molecular weight excluding hydrogens is 214 g/mol. The molecule has 0 radical (unpaired) electrons. The summed E-state index contributed by atoms with van der Waals surface area (Å²) in [7, 11) is 0. The predicted molar refractivity (Wildman–Crippen MR) is 67.1 cm³/mol. The molecule has 1 aromatic rings. The summed E-state index contributed by atoms with van der Waals surface area (Å²) < 4.78 is 0. The van der Waals surface area contributed by atoms with Gasteiger partial charge in [0.1, 0.15) is 0 Å². The Morgan fingerprint density at radius 2 is 2.12 bits per heavy atom. The number of benzene rings is 1. The molecule has 1 N–H and O–H groups in total. The van der Waals surface area contributed by atoms with Crippen LogP contribution >= 0.6 is 0 Å². The molecule has 92 valence electrons. The molecule has 1 aromatic carbocycles. The smallest absolute Gasteiger partial charge is 0.164 e. The van der Waals surface area contributed by atoms with E-state index in [0.717, 1.165) is 31.5 Å². The Labute approximate surface area is 102 Å². The molecule has 3 nitrogen and oxygen atoms in total. The van der Waals surface area contributed by atoms with E-state index in [2.05, 4.69) is 4.90 Å². The van der Waals surface area contributed by atoms with Gasteiger partial charge in [-0.1, -0.05) is 30.3 Å². The lowest BCUT2D eigenvalue weighted by molar-refractivity contribution is 0.0945. The molecular formula is C14H19NO2. The number of hydrogen-bond acceptors (Lipinski definition) is 3. The summed E-state index contributed by atoms with van der Waals surface area (Å²) in [5.74, 6) is 0.189. The highest BCUT2D eigenvalue weighted by molar-refractivity contribution is 5.96. The molecule has 0 bridgehead atoms. The number of Topliss-reactive ketones (excluding diaryl/α,β-unsaturated/α-hetero) is 1. The van der Waals surface area contributed by atoms with Crippen LogP contribution in [0.5, 0.6) is 0 Å². The molecule has 17 heavy (non-hydrogen) atoms. The topological polar surface area (TPSA) is 40.5 Å². The number of carbonyl (C=O) groups excluding carboxylic acids is 1. The quantitative estimate of drug-likeness (QED) is 0.787. The van der Waals surface area contributed by atoms with Crippen LogP contribution in [0.2, 0.25) is 0 Å². The van der Waals surface area contributed by atoms with Crippen LogP contribution in [-0.2, 0) is 0 Å². The molecule has 0 saturated carbocycles. The van der Waals surface area contributed by atoms with Gasteiger partial charge in [0.05, 0.1) is 6.61 Å². The number of ketones is 1. The standard InChI is InChI=1S/C14H19NO2/c16-11-13-7-4-9-15(13)10-8-14(17)12-5-2-1-3-6-12/h1-3,5-6,13,16H,4,7-11H2. The molecule has 0 spiro atoms. The third-order valence-electron chi connectivity index (χ3n) is 3.43. The summed E-state index contributed by atoms with van der Waals surface area (Å²) in [4.78, 5) is 14.1. The highest BCUT2D eigenvalue weighted by atomic mass is 16.3. The zero-order valence-electron chi connectivity index (χ0n) is 10.0. The summed E-state index contributed by atoms with van der Waals surface area (Å²) in [6.07, 6.45) is 2.72. The number of rotatable bonds is 5. The monoisotopic (exact) mass is 233 g/mol. The van der Waals surface area contributed by atoms with E-state index in [0.29, 0.717) is 6.42 Å². The zero-order chi connectivity index (χ0) is 12.1. The summed E-state index contributed by atoms with van der Waals surface area (Å²) in [6, 6.07) is 9.67. The van der Waals surface area contributed by atoms with Crippen molar-refractivity contribution < 1.29 is 9.90 Å². The molecule has 1 aliphatic heterocycles. The average molecular weight is 233 g/mol. The van der Waals surface area contributed by atoms with Crippen molar-refractivity contribution in [2.75, 3.05) is 19.7 Å². The second kappa shape index (κ2) is 5.94. The molecule has 3 heteroatoms. The third-order valence-corrected chi connectivity index (χ3v) is 3.43.